The number of hydrogen-bond donors (Lipinski definition) is 0. The normalized spacial score (nSPS) is 28.1. The number of Topliss-reactive ketones (excluding diaryl/α,β-unsaturated/α-hetero) is 1. The van der Waals surface area contributed by atoms with Crippen molar-refractivity contribution in [1.82, 2.24) is 0 Å². The first-order valence-corrected chi connectivity index (χ1v) is 5.03. The van der Waals surface area contributed by atoms with Crippen LogP contribution in [0.5, 0.6) is 0 Å². The second kappa shape index (κ2) is 3.92. The molecule has 1 fully saturated rings. The van der Waals surface area contributed by atoms with Crippen molar-refractivity contribution < 1.29 is 14.3 Å². The Bertz CT molecular complexity index is 305. The van der Waals surface area contributed by atoms with E-state index in [4.69, 9.17) is 14.7 Å². The molecule has 1 heterocycles. The summed E-state index contributed by atoms with van der Waals surface area (Å²) in [4.78, 5) is 11.3. The van der Waals surface area contributed by atoms with Crippen LogP contribution in [-0.4, -0.2) is 24.3 Å². The predicted molar refractivity (Wildman–Crippen MR) is 53.9 cm³/mol. The number of carbonyl (C=O) groups is 1. The van der Waals surface area contributed by atoms with Crippen molar-refractivity contribution in [3.05, 3.63) is 0 Å². The highest BCUT2D eigenvalue weighted by molar-refractivity contribution is 5.84. The highest BCUT2D eigenvalue weighted by atomic mass is 16.7. The van der Waals surface area contributed by atoms with Gasteiger partial charge >= 0.3 is 0 Å². The third-order valence-electron chi connectivity index (χ3n) is 2.73. The van der Waals surface area contributed by atoms with Crippen molar-refractivity contribution in [3.8, 4) is 6.07 Å². The van der Waals surface area contributed by atoms with E-state index in [9.17, 15) is 4.79 Å². The van der Waals surface area contributed by atoms with Crippen LogP contribution in [0.3, 0.4) is 0 Å². The molecule has 4 nitrogen and oxygen atoms in total. The second-order valence-corrected chi connectivity index (χ2v) is 4.65. The molecule has 0 N–H and O–H groups in total. The zero-order valence-corrected chi connectivity index (χ0v) is 9.66. The highest BCUT2D eigenvalue weighted by Gasteiger charge is 2.39. The van der Waals surface area contributed by atoms with E-state index in [2.05, 4.69) is 0 Å². The lowest BCUT2D eigenvalue weighted by atomic mass is 9.82. The average Bonchev–Trinajstić information content (AvgIpc) is 2.45. The molecule has 0 saturated carbocycles. The van der Waals surface area contributed by atoms with E-state index in [1.807, 2.05) is 19.9 Å². The SMILES string of the molecule is CC(=O)C(C)(C#N)C[C@H]1COC(C)(C)O1. The summed E-state index contributed by atoms with van der Waals surface area (Å²) >= 11 is 0. The van der Waals surface area contributed by atoms with Crippen LogP contribution in [-0.2, 0) is 14.3 Å². The molecule has 0 aromatic heterocycles. The first kappa shape index (κ1) is 12.2. The van der Waals surface area contributed by atoms with Gasteiger partial charge in [-0.15, -0.1) is 0 Å². The molecule has 1 saturated heterocycles. The summed E-state index contributed by atoms with van der Waals surface area (Å²) in [6.45, 7) is 7.17. The summed E-state index contributed by atoms with van der Waals surface area (Å²) in [5.41, 5.74) is -0.964. The fourth-order valence-electron chi connectivity index (χ4n) is 1.59. The molecule has 4 heteroatoms. The van der Waals surface area contributed by atoms with Crippen molar-refractivity contribution in [2.45, 2.75) is 46.0 Å². The molecule has 1 aliphatic heterocycles. The molecule has 0 spiro atoms. The van der Waals surface area contributed by atoms with Gasteiger partial charge in [-0.3, -0.25) is 4.79 Å². The van der Waals surface area contributed by atoms with Gasteiger partial charge in [0.2, 0.25) is 0 Å². The van der Waals surface area contributed by atoms with E-state index >= 15 is 0 Å². The minimum absolute atomic E-state index is 0.127. The number of ketones is 1. The molecule has 0 aliphatic carbocycles. The topological polar surface area (TPSA) is 59.3 Å². The quantitative estimate of drug-likeness (QED) is 0.712. The zero-order valence-electron chi connectivity index (χ0n) is 9.66. The second-order valence-electron chi connectivity index (χ2n) is 4.65. The molecule has 0 radical (unpaired) electrons. The van der Waals surface area contributed by atoms with Gasteiger partial charge in [-0.2, -0.15) is 5.26 Å². The molecule has 0 bridgehead atoms. The minimum Gasteiger partial charge on any atom is -0.348 e. The van der Waals surface area contributed by atoms with Gasteiger partial charge in [0.25, 0.3) is 0 Å². The first-order chi connectivity index (χ1) is 6.79. The number of rotatable bonds is 3. The maximum atomic E-state index is 11.3. The Morgan fingerprint density at radius 3 is 2.60 bits per heavy atom. The molecular formula is C11H17NO3. The molecule has 2 atom stereocenters. The summed E-state index contributed by atoms with van der Waals surface area (Å²) < 4.78 is 11.0. The van der Waals surface area contributed by atoms with Crippen molar-refractivity contribution in [2.75, 3.05) is 6.61 Å². The standard InChI is InChI=1S/C11H17NO3/c1-8(13)11(4,7-12)5-9-6-14-10(2,3)15-9/h9H,5-6H2,1-4H3/t9-,11?/m0/s1. The van der Waals surface area contributed by atoms with E-state index in [-0.39, 0.29) is 11.9 Å². The molecular weight excluding hydrogens is 194 g/mol. The van der Waals surface area contributed by atoms with Crippen molar-refractivity contribution in [2.24, 2.45) is 5.41 Å². The molecule has 1 rings (SSSR count). The Kier molecular flexibility index (Phi) is 3.17. The molecule has 0 aromatic rings. The smallest absolute Gasteiger partial charge is 0.163 e. The van der Waals surface area contributed by atoms with Gasteiger partial charge < -0.3 is 9.47 Å². The van der Waals surface area contributed by atoms with Gasteiger partial charge in [0.15, 0.2) is 5.79 Å². The third kappa shape index (κ3) is 2.77. The van der Waals surface area contributed by atoms with Gasteiger partial charge in [-0.1, -0.05) is 0 Å². The maximum Gasteiger partial charge on any atom is 0.163 e. The van der Waals surface area contributed by atoms with Crippen LogP contribution in [0.15, 0.2) is 0 Å². The monoisotopic (exact) mass is 211 g/mol. The average molecular weight is 211 g/mol. The van der Waals surface area contributed by atoms with Crippen molar-refractivity contribution in [3.63, 3.8) is 0 Å². The molecule has 0 aromatic carbocycles. The number of carbonyl (C=O) groups excluding carboxylic acids is 1. The van der Waals surface area contributed by atoms with Crippen LogP contribution in [0.4, 0.5) is 0 Å². The van der Waals surface area contributed by atoms with Crippen LogP contribution in [0.2, 0.25) is 0 Å². The maximum absolute atomic E-state index is 11.3. The summed E-state index contributed by atoms with van der Waals surface area (Å²) in [6, 6.07) is 2.05. The van der Waals surface area contributed by atoms with Crippen molar-refractivity contribution >= 4 is 5.78 Å². The van der Waals surface area contributed by atoms with Crippen molar-refractivity contribution in [1.29, 1.82) is 5.26 Å². The molecule has 84 valence electrons. The molecule has 0 amide bonds. The van der Waals surface area contributed by atoms with E-state index in [1.165, 1.54) is 6.92 Å². The van der Waals surface area contributed by atoms with Crippen LogP contribution >= 0.6 is 0 Å². The van der Waals surface area contributed by atoms with Gasteiger partial charge in [-0.25, -0.2) is 0 Å². The van der Waals surface area contributed by atoms with E-state index in [0.29, 0.717) is 13.0 Å². The fraction of sp³-hybridized carbons (Fsp3) is 0.818. The van der Waals surface area contributed by atoms with Crippen LogP contribution < -0.4 is 0 Å². The summed E-state index contributed by atoms with van der Waals surface area (Å²) in [7, 11) is 0. The number of hydrogen-bond acceptors (Lipinski definition) is 4. The van der Waals surface area contributed by atoms with Crippen LogP contribution in [0.1, 0.15) is 34.1 Å². The fourth-order valence-corrected chi connectivity index (χ4v) is 1.59. The largest absolute Gasteiger partial charge is 0.348 e. The first-order valence-electron chi connectivity index (χ1n) is 5.03. The van der Waals surface area contributed by atoms with Gasteiger partial charge in [0.1, 0.15) is 11.2 Å². The number of nitrogens with zero attached hydrogens (tertiary/aromatic N) is 1. The molecule has 15 heavy (non-hydrogen) atoms. The number of nitriles is 1. The summed E-state index contributed by atoms with van der Waals surface area (Å²) in [6.07, 6.45) is 0.218. The lowest BCUT2D eigenvalue weighted by Gasteiger charge is -2.22. The van der Waals surface area contributed by atoms with E-state index in [0.717, 1.165) is 0 Å². The Morgan fingerprint density at radius 2 is 2.27 bits per heavy atom. The Labute approximate surface area is 90.2 Å². The lowest BCUT2D eigenvalue weighted by molar-refractivity contribution is -0.143. The summed E-state index contributed by atoms with van der Waals surface area (Å²) in [5, 5.41) is 8.98. The predicted octanol–water partition coefficient (Wildman–Crippen LogP) is 1.65. The summed E-state index contributed by atoms with van der Waals surface area (Å²) in [5.74, 6) is -0.726. The Balaban J connectivity index is 2.64. The zero-order chi connectivity index (χ0) is 11.7. The van der Waals surface area contributed by atoms with Gasteiger partial charge in [-0.05, 0) is 27.7 Å². The molecule has 1 unspecified atom stereocenters. The Hall–Kier alpha value is -0.920. The van der Waals surface area contributed by atoms with Crippen LogP contribution in [0, 0.1) is 16.7 Å². The third-order valence-corrected chi connectivity index (χ3v) is 2.73. The van der Waals surface area contributed by atoms with E-state index < -0.39 is 11.2 Å². The number of ether oxygens (including phenoxy) is 2. The van der Waals surface area contributed by atoms with Crippen LogP contribution in [0.25, 0.3) is 0 Å². The lowest BCUT2D eigenvalue weighted by Crippen LogP contribution is -2.31. The van der Waals surface area contributed by atoms with Gasteiger partial charge in [0.05, 0.1) is 18.8 Å². The van der Waals surface area contributed by atoms with Gasteiger partial charge in [0, 0.05) is 6.42 Å². The highest BCUT2D eigenvalue weighted by Crippen LogP contribution is 2.31. The van der Waals surface area contributed by atoms with E-state index in [1.54, 1.807) is 6.92 Å². The Morgan fingerprint density at radius 1 is 1.67 bits per heavy atom. The minimum atomic E-state index is -0.964. The molecule has 1 aliphatic rings.